The van der Waals surface area contributed by atoms with E-state index in [0.717, 1.165) is 0 Å². The fourth-order valence-electron chi connectivity index (χ4n) is 0.971. The molecule has 0 saturated heterocycles. The number of urea groups is 3. The zero-order valence-electron chi connectivity index (χ0n) is 12.0. The molecule has 0 rings (SSSR count). The Kier molecular flexibility index (Phi) is 9.69. The smallest absolute Gasteiger partial charge is 0.317 e. The van der Waals surface area contributed by atoms with Crippen molar-refractivity contribution in [3.8, 4) is 0 Å². The third kappa shape index (κ3) is 10.9. The molecular formula is C10H21N7O4. The summed E-state index contributed by atoms with van der Waals surface area (Å²) >= 11 is 0. The summed E-state index contributed by atoms with van der Waals surface area (Å²) in [5.41, 5.74) is 0. The molecule has 0 aliphatic heterocycles. The lowest BCUT2D eigenvalue weighted by Crippen LogP contribution is -2.49. The molecule has 120 valence electrons. The van der Waals surface area contributed by atoms with E-state index in [4.69, 9.17) is 0 Å². The summed E-state index contributed by atoms with van der Waals surface area (Å²) in [6.45, 7) is 1.53. The summed E-state index contributed by atoms with van der Waals surface area (Å²) in [5.74, 6) is -0.184. The Morgan fingerprint density at radius 3 is 1.43 bits per heavy atom. The molecule has 0 aliphatic carbocycles. The number of rotatable bonds is 7. The molecular weight excluding hydrogens is 282 g/mol. The first-order valence-electron chi connectivity index (χ1n) is 6.25. The summed E-state index contributed by atoms with van der Waals surface area (Å²) in [4.78, 5) is 44.1. The van der Waals surface area contributed by atoms with E-state index in [0.29, 0.717) is 6.42 Å². The lowest BCUT2D eigenvalue weighted by atomic mass is 10.5. The quantitative estimate of drug-likeness (QED) is 0.270. The van der Waals surface area contributed by atoms with Crippen LogP contribution >= 0.6 is 0 Å². The van der Waals surface area contributed by atoms with Gasteiger partial charge in [0.15, 0.2) is 0 Å². The van der Waals surface area contributed by atoms with Crippen molar-refractivity contribution in [2.24, 2.45) is 0 Å². The van der Waals surface area contributed by atoms with E-state index in [1.807, 2.05) is 0 Å². The van der Waals surface area contributed by atoms with Gasteiger partial charge in [0.2, 0.25) is 5.91 Å². The van der Waals surface area contributed by atoms with Gasteiger partial charge in [-0.3, -0.25) is 4.79 Å². The molecule has 0 aromatic rings. The second-order valence-corrected chi connectivity index (χ2v) is 3.61. The molecule has 0 radical (unpaired) electrons. The van der Waals surface area contributed by atoms with Crippen LogP contribution in [0.3, 0.4) is 0 Å². The fraction of sp³-hybridized carbons (Fsp3) is 0.600. The van der Waals surface area contributed by atoms with Gasteiger partial charge in [0.1, 0.15) is 0 Å². The van der Waals surface area contributed by atoms with Gasteiger partial charge in [-0.05, 0) is 0 Å². The van der Waals surface area contributed by atoms with Crippen molar-refractivity contribution in [3.63, 3.8) is 0 Å². The maximum absolute atomic E-state index is 11.2. The molecule has 0 aliphatic rings. The summed E-state index contributed by atoms with van der Waals surface area (Å²) in [6, 6.07) is -1.54. The monoisotopic (exact) mass is 303 g/mol. The Morgan fingerprint density at radius 1 is 0.667 bits per heavy atom. The Balaban J connectivity index is 3.55. The van der Waals surface area contributed by atoms with Crippen LogP contribution in [0.2, 0.25) is 0 Å². The maximum Gasteiger partial charge on any atom is 0.317 e. The third-order valence-electron chi connectivity index (χ3n) is 2.08. The molecule has 0 saturated carbocycles. The molecule has 21 heavy (non-hydrogen) atoms. The van der Waals surface area contributed by atoms with Crippen LogP contribution in [-0.2, 0) is 4.79 Å². The first kappa shape index (κ1) is 18.3. The molecule has 0 fully saturated rings. The van der Waals surface area contributed by atoms with E-state index in [1.54, 1.807) is 6.92 Å². The van der Waals surface area contributed by atoms with Gasteiger partial charge in [0, 0.05) is 13.5 Å². The van der Waals surface area contributed by atoms with Crippen LogP contribution in [0, 0.1) is 0 Å². The number of carbonyl (C=O) groups is 4. The van der Waals surface area contributed by atoms with Gasteiger partial charge in [-0.2, -0.15) is 0 Å². The predicted molar refractivity (Wildman–Crippen MR) is 74.0 cm³/mol. The average Bonchev–Trinajstić information content (AvgIpc) is 2.46. The van der Waals surface area contributed by atoms with Crippen molar-refractivity contribution in [1.29, 1.82) is 0 Å². The van der Waals surface area contributed by atoms with Crippen LogP contribution in [0.5, 0.6) is 0 Å². The van der Waals surface area contributed by atoms with Crippen LogP contribution in [0.15, 0.2) is 0 Å². The first-order chi connectivity index (χ1) is 9.99. The van der Waals surface area contributed by atoms with Gasteiger partial charge >= 0.3 is 18.1 Å². The normalized spacial score (nSPS) is 9.05. The molecule has 11 heteroatoms. The van der Waals surface area contributed by atoms with Crippen LogP contribution in [-0.4, -0.2) is 51.1 Å². The van der Waals surface area contributed by atoms with Crippen molar-refractivity contribution in [1.82, 2.24) is 37.2 Å². The third-order valence-corrected chi connectivity index (χ3v) is 2.08. The van der Waals surface area contributed by atoms with Gasteiger partial charge in [-0.1, -0.05) is 6.92 Å². The van der Waals surface area contributed by atoms with E-state index >= 15 is 0 Å². The van der Waals surface area contributed by atoms with E-state index in [2.05, 4.69) is 37.2 Å². The summed E-state index contributed by atoms with van der Waals surface area (Å²) in [5, 5.41) is 16.5. The van der Waals surface area contributed by atoms with Crippen molar-refractivity contribution >= 4 is 24.0 Å². The van der Waals surface area contributed by atoms with Crippen LogP contribution < -0.4 is 37.2 Å². The highest BCUT2D eigenvalue weighted by atomic mass is 16.2. The predicted octanol–water partition coefficient (Wildman–Crippen LogP) is -2.09. The first-order valence-corrected chi connectivity index (χ1v) is 6.25. The maximum atomic E-state index is 11.2. The topological polar surface area (TPSA) is 152 Å². The summed E-state index contributed by atoms with van der Waals surface area (Å²) < 4.78 is 0. The second kappa shape index (κ2) is 11.1. The molecule has 0 aromatic carbocycles. The Morgan fingerprint density at radius 2 is 1.05 bits per heavy atom. The van der Waals surface area contributed by atoms with Gasteiger partial charge in [-0.25, -0.2) is 14.4 Å². The molecule has 0 heterocycles. The number of amides is 7. The number of nitrogens with one attached hydrogen (secondary N) is 7. The van der Waals surface area contributed by atoms with Gasteiger partial charge in [-0.15, -0.1) is 0 Å². The highest BCUT2D eigenvalue weighted by molar-refractivity contribution is 5.78. The number of carbonyl (C=O) groups excluding carboxylic acids is 4. The Hall–Kier alpha value is -2.72. The standard InChI is InChI=1S/C10H21N7O4/c1-3-7(18)12-4-14-9(20)16-6-17-10(21)15-5-13-8(19)11-2/h3-6H2,1-2H3,(H,12,18)(H2,11,13,19)(H2,14,16,20)(H2,15,17,21). The largest absolute Gasteiger partial charge is 0.341 e. The van der Waals surface area contributed by atoms with E-state index in [1.165, 1.54) is 7.05 Å². The highest BCUT2D eigenvalue weighted by Crippen LogP contribution is 1.72. The minimum Gasteiger partial charge on any atom is -0.341 e. The average molecular weight is 303 g/mol. The van der Waals surface area contributed by atoms with Crippen molar-refractivity contribution in [3.05, 3.63) is 0 Å². The fourth-order valence-corrected chi connectivity index (χ4v) is 0.971. The zero-order chi connectivity index (χ0) is 16.1. The Labute approximate surface area is 122 Å². The summed E-state index contributed by atoms with van der Waals surface area (Å²) in [6.07, 6.45) is 0.328. The van der Waals surface area contributed by atoms with E-state index < -0.39 is 18.1 Å². The second-order valence-electron chi connectivity index (χ2n) is 3.61. The van der Waals surface area contributed by atoms with Gasteiger partial charge in [0.25, 0.3) is 0 Å². The molecule has 0 atom stereocenters. The van der Waals surface area contributed by atoms with Crippen molar-refractivity contribution in [2.45, 2.75) is 13.3 Å². The molecule has 11 nitrogen and oxygen atoms in total. The van der Waals surface area contributed by atoms with Crippen molar-refractivity contribution in [2.75, 3.05) is 27.1 Å². The molecule has 0 aromatic heterocycles. The van der Waals surface area contributed by atoms with Gasteiger partial charge < -0.3 is 37.2 Å². The summed E-state index contributed by atoms with van der Waals surface area (Å²) in [7, 11) is 1.45. The SMILES string of the molecule is CCC(=O)NCNC(=O)NCNC(=O)NCNC(=O)NC. The van der Waals surface area contributed by atoms with Crippen LogP contribution in [0.1, 0.15) is 13.3 Å². The van der Waals surface area contributed by atoms with Crippen molar-refractivity contribution < 1.29 is 19.2 Å². The van der Waals surface area contributed by atoms with Crippen LogP contribution in [0.25, 0.3) is 0 Å². The minimum atomic E-state index is -0.564. The lowest BCUT2D eigenvalue weighted by molar-refractivity contribution is -0.120. The zero-order valence-corrected chi connectivity index (χ0v) is 12.0. The number of hydrogen-bond donors (Lipinski definition) is 7. The Bertz CT molecular complexity index is 340. The molecule has 7 amide bonds. The lowest BCUT2D eigenvalue weighted by Gasteiger charge is -2.10. The molecule has 0 spiro atoms. The molecule has 7 N–H and O–H groups in total. The van der Waals surface area contributed by atoms with Gasteiger partial charge in [0.05, 0.1) is 20.0 Å². The number of hydrogen-bond acceptors (Lipinski definition) is 4. The van der Waals surface area contributed by atoms with E-state index in [9.17, 15) is 19.2 Å². The van der Waals surface area contributed by atoms with Crippen LogP contribution in [0.4, 0.5) is 14.4 Å². The molecule has 0 unspecified atom stereocenters. The molecule has 0 bridgehead atoms. The van der Waals surface area contributed by atoms with E-state index in [-0.39, 0.29) is 25.9 Å². The highest BCUT2D eigenvalue weighted by Gasteiger charge is 2.02. The minimum absolute atomic E-state index is 0.000746.